The zero-order chi connectivity index (χ0) is 13.7. The molecule has 4 rings (SSSR count). The van der Waals surface area contributed by atoms with Gasteiger partial charge in [-0.05, 0) is 35.7 Å². The molecule has 0 unspecified atom stereocenters. The minimum absolute atomic E-state index is 0.129. The largest absolute Gasteiger partial charge is 0.340 e. The first-order valence-corrected chi connectivity index (χ1v) is 6.53. The smallest absolute Gasteiger partial charge is 0.226 e. The summed E-state index contributed by atoms with van der Waals surface area (Å²) in [5, 5.41) is 0.129. The second-order valence-corrected chi connectivity index (χ2v) is 4.93. The van der Waals surface area contributed by atoms with Gasteiger partial charge in [-0.1, -0.05) is 6.07 Å². The Balaban J connectivity index is 1.94. The lowest BCUT2D eigenvalue weighted by Gasteiger charge is -2.18. The van der Waals surface area contributed by atoms with Crippen LogP contribution in [0.5, 0.6) is 0 Å². The van der Waals surface area contributed by atoms with E-state index in [-0.39, 0.29) is 11.1 Å². The molecule has 0 saturated carbocycles. The zero-order valence-electron chi connectivity index (χ0n) is 10.3. The number of nitrogens with zero attached hydrogens (tertiary/aromatic N) is 4. The Morgan fingerprint density at radius 2 is 2.20 bits per heavy atom. The highest BCUT2D eigenvalue weighted by atomic mass is 35.5. The van der Waals surface area contributed by atoms with Crippen LogP contribution in [0.25, 0.3) is 11.2 Å². The van der Waals surface area contributed by atoms with E-state index in [0.29, 0.717) is 17.0 Å². The first kappa shape index (κ1) is 11.6. The normalized spacial score (nSPS) is 14.0. The Morgan fingerprint density at radius 1 is 1.30 bits per heavy atom. The number of hydrogen-bond acceptors (Lipinski definition) is 4. The van der Waals surface area contributed by atoms with E-state index >= 15 is 0 Å². The number of anilines is 2. The molecule has 1 aromatic carbocycles. The molecular weight excluding hydrogens is 281 g/mol. The van der Waals surface area contributed by atoms with Gasteiger partial charge in [-0.2, -0.15) is 9.97 Å². The lowest BCUT2D eigenvalue weighted by molar-refractivity contribution is 0.628. The minimum Gasteiger partial charge on any atom is -0.340 e. The van der Waals surface area contributed by atoms with E-state index in [4.69, 9.17) is 11.6 Å². The lowest BCUT2D eigenvalue weighted by Crippen LogP contribution is -2.16. The highest BCUT2D eigenvalue weighted by Gasteiger charge is 2.25. The molecule has 2 aromatic heterocycles. The molecule has 7 heteroatoms. The van der Waals surface area contributed by atoms with E-state index < -0.39 is 0 Å². The highest BCUT2D eigenvalue weighted by molar-refractivity contribution is 6.28. The molecule has 3 aromatic rings. The number of fused-ring (bicyclic) bond motifs is 2. The molecule has 0 atom stereocenters. The average Bonchev–Trinajstić information content (AvgIpc) is 3.03. The summed E-state index contributed by atoms with van der Waals surface area (Å²) in [6.45, 7) is 0.722. The summed E-state index contributed by atoms with van der Waals surface area (Å²) in [7, 11) is 0. The fraction of sp³-hybridized carbons (Fsp3) is 0.154. The predicted octanol–water partition coefficient (Wildman–Crippen LogP) is 2.84. The van der Waals surface area contributed by atoms with Crippen LogP contribution in [-0.4, -0.2) is 26.5 Å². The van der Waals surface area contributed by atoms with Gasteiger partial charge >= 0.3 is 0 Å². The average molecular weight is 290 g/mol. The Kier molecular flexibility index (Phi) is 2.40. The van der Waals surface area contributed by atoms with Gasteiger partial charge in [-0.15, -0.1) is 0 Å². The van der Waals surface area contributed by atoms with Crippen LogP contribution >= 0.6 is 11.6 Å². The Hall–Kier alpha value is -2.21. The molecular formula is C13H9ClFN5. The van der Waals surface area contributed by atoms with Crippen LogP contribution in [0.4, 0.5) is 15.9 Å². The first-order chi connectivity index (χ1) is 9.72. The summed E-state index contributed by atoms with van der Waals surface area (Å²) < 4.78 is 13.5. The van der Waals surface area contributed by atoms with Crippen molar-refractivity contribution in [2.45, 2.75) is 6.42 Å². The molecule has 0 amide bonds. The van der Waals surface area contributed by atoms with Gasteiger partial charge in [0.05, 0.1) is 6.33 Å². The summed E-state index contributed by atoms with van der Waals surface area (Å²) >= 11 is 5.94. The van der Waals surface area contributed by atoms with Gasteiger partial charge in [0.1, 0.15) is 11.3 Å². The van der Waals surface area contributed by atoms with Crippen LogP contribution in [0.3, 0.4) is 0 Å². The summed E-state index contributed by atoms with van der Waals surface area (Å²) in [5.74, 6) is 0.360. The third kappa shape index (κ3) is 1.65. The van der Waals surface area contributed by atoms with Crippen molar-refractivity contribution in [3.05, 3.63) is 41.2 Å². The second-order valence-electron chi connectivity index (χ2n) is 4.59. The van der Waals surface area contributed by atoms with Gasteiger partial charge in [-0.25, -0.2) is 9.37 Å². The standard InChI is InChI=1S/C13H9ClFN5/c14-13-18-11-10(16-6-17-11)12(19-13)20-4-3-7-1-2-8(15)5-9(7)20/h1-2,5-6H,3-4H2,(H,16,17,18,19). The van der Waals surface area contributed by atoms with Gasteiger partial charge in [0, 0.05) is 12.2 Å². The van der Waals surface area contributed by atoms with Crippen LogP contribution < -0.4 is 4.90 Å². The van der Waals surface area contributed by atoms with E-state index in [1.165, 1.54) is 12.1 Å². The molecule has 3 heterocycles. The summed E-state index contributed by atoms with van der Waals surface area (Å²) in [5.41, 5.74) is 3.11. The zero-order valence-corrected chi connectivity index (χ0v) is 11.0. The van der Waals surface area contributed by atoms with Crippen molar-refractivity contribution in [2.75, 3.05) is 11.4 Å². The van der Waals surface area contributed by atoms with Crippen LogP contribution in [-0.2, 0) is 6.42 Å². The highest BCUT2D eigenvalue weighted by Crippen LogP contribution is 2.36. The van der Waals surface area contributed by atoms with Gasteiger partial charge in [0.25, 0.3) is 0 Å². The molecule has 0 saturated heterocycles. The molecule has 0 aliphatic carbocycles. The van der Waals surface area contributed by atoms with Crippen LogP contribution in [0.1, 0.15) is 5.56 Å². The lowest BCUT2D eigenvalue weighted by atomic mass is 10.2. The molecule has 0 bridgehead atoms. The fourth-order valence-corrected chi connectivity index (χ4v) is 2.72. The molecule has 100 valence electrons. The Morgan fingerprint density at radius 3 is 3.10 bits per heavy atom. The first-order valence-electron chi connectivity index (χ1n) is 6.15. The van der Waals surface area contributed by atoms with Gasteiger partial charge in [0.2, 0.25) is 5.28 Å². The van der Waals surface area contributed by atoms with E-state index in [0.717, 1.165) is 24.2 Å². The SMILES string of the molecule is Fc1ccc2c(c1)N(c1nc(Cl)nc3nc[nH]c13)CC2. The van der Waals surface area contributed by atoms with Crippen LogP contribution in [0, 0.1) is 5.82 Å². The number of benzene rings is 1. The van der Waals surface area contributed by atoms with E-state index in [9.17, 15) is 4.39 Å². The number of rotatable bonds is 1. The number of nitrogens with one attached hydrogen (secondary N) is 1. The predicted molar refractivity (Wildman–Crippen MR) is 73.8 cm³/mol. The summed E-state index contributed by atoms with van der Waals surface area (Å²) in [6.07, 6.45) is 2.38. The van der Waals surface area contributed by atoms with Crippen molar-refractivity contribution in [3.8, 4) is 0 Å². The van der Waals surface area contributed by atoms with Crippen molar-refractivity contribution in [1.82, 2.24) is 19.9 Å². The second kappa shape index (κ2) is 4.14. The van der Waals surface area contributed by atoms with Crippen molar-refractivity contribution >= 4 is 34.3 Å². The van der Waals surface area contributed by atoms with Crippen LogP contribution in [0.2, 0.25) is 5.28 Å². The number of aromatic nitrogens is 4. The summed E-state index contributed by atoms with van der Waals surface area (Å²) in [6, 6.07) is 4.79. The monoisotopic (exact) mass is 289 g/mol. The topological polar surface area (TPSA) is 57.7 Å². The third-order valence-corrected chi connectivity index (χ3v) is 3.61. The van der Waals surface area contributed by atoms with Crippen molar-refractivity contribution in [2.24, 2.45) is 0 Å². The van der Waals surface area contributed by atoms with Crippen molar-refractivity contribution < 1.29 is 4.39 Å². The number of H-pyrrole nitrogens is 1. The van der Waals surface area contributed by atoms with Gasteiger partial charge in [0.15, 0.2) is 11.5 Å². The molecule has 20 heavy (non-hydrogen) atoms. The molecule has 5 nitrogen and oxygen atoms in total. The van der Waals surface area contributed by atoms with E-state index in [1.807, 2.05) is 4.90 Å². The minimum atomic E-state index is -0.267. The maximum absolute atomic E-state index is 13.5. The number of hydrogen-bond donors (Lipinski definition) is 1. The van der Waals surface area contributed by atoms with Gasteiger partial charge < -0.3 is 9.88 Å². The number of imidazole rings is 1. The molecule has 1 N–H and O–H groups in total. The fourth-order valence-electron chi connectivity index (χ4n) is 2.56. The quantitative estimate of drug-likeness (QED) is 0.700. The third-order valence-electron chi connectivity index (χ3n) is 3.44. The molecule has 0 spiro atoms. The molecule has 0 radical (unpaired) electrons. The Bertz CT molecular complexity index is 816. The van der Waals surface area contributed by atoms with Crippen molar-refractivity contribution in [1.29, 1.82) is 0 Å². The van der Waals surface area contributed by atoms with E-state index in [1.54, 1.807) is 12.4 Å². The molecule has 1 aliphatic rings. The number of aromatic amines is 1. The molecule has 0 fully saturated rings. The van der Waals surface area contributed by atoms with Crippen LogP contribution in [0.15, 0.2) is 24.5 Å². The Labute approximate surface area is 118 Å². The molecule has 1 aliphatic heterocycles. The van der Waals surface area contributed by atoms with E-state index in [2.05, 4.69) is 19.9 Å². The summed E-state index contributed by atoms with van der Waals surface area (Å²) in [4.78, 5) is 17.4. The maximum Gasteiger partial charge on any atom is 0.226 e. The van der Waals surface area contributed by atoms with Gasteiger partial charge in [-0.3, -0.25) is 0 Å². The maximum atomic E-state index is 13.5. The number of halogens is 2. The van der Waals surface area contributed by atoms with Crippen molar-refractivity contribution in [3.63, 3.8) is 0 Å².